The molecule has 2 N–H and O–H groups in total. The summed E-state index contributed by atoms with van der Waals surface area (Å²) < 4.78 is 11.3. The number of nitrogens with one attached hydrogen (secondary N) is 2. The van der Waals surface area contributed by atoms with E-state index >= 15 is 0 Å². The maximum atomic E-state index is 12.7. The number of carbonyl (C=O) groups excluding carboxylic acids is 2. The highest BCUT2D eigenvalue weighted by Crippen LogP contribution is 2.36. The van der Waals surface area contributed by atoms with E-state index in [4.69, 9.17) is 9.47 Å². The lowest BCUT2D eigenvalue weighted by Crippen LogP contribution is -2.51. The Bertz CT molecular complexity index is 664. The van der Waals surface area contributed by atoms with Gasteiger partial charge in [0.25, 0.3) is 0 Å². The molecule has 0 aliphatic carbocycles. The van der Waals surface area contributed by atoms with Crippen LogP contribution in [0.3, 0.4) is 0 Å². The molecule has 25 heavy (non-hydrogen) atoms. The quantitative estimate of drug-likeness (QED) is 0.802. The number of carbonyl (C=O) groups is 2. The van der Waals surface area contributed by atoms with Crippen LogP contribution in [0.1, 0.15) is 45.7 Å². The zero-order valence-electron chi connectivity index (χ0n) is 15.2. The summed E-state index contributed by atoms with van der Waals surface area (Å²) in [6.07, 6.45) is 0.856. The molecule has 2 amide bonds. The Labute approximate surface area is 148 Å². The SMILES string of the molecule is C=C1NC(=O)N[C@@H](c2ccccc2OCCC)[C@@H]1C(=O)OC(C)(C)C. The fourth-order valence-corrected chi connectivity index (χ4v) is 2.67. The largest absolute Gasteiger partial charge is 0.493 e. The van der Waals surface area contributed by atoms with Crippen molar-refractivity contribution in [3.63, 3.8) is 0 Å². The highest BCUT2D eigenvalue weighted by atomic mass is 16.6. The topological polar surface area (TPSA) is 76.7 Å². The molecule has 136 valence electrons. The van der Waals surface area contributed by atoms with Gasteiger partial charge in [-0.05, 0) is 33.3 Å². The third-order valence-corrected chi connectivity index (χ3v) is 3.65. The Morgan fingerprint density at radius 1 is 1.28 bits per heavy atom. The maximum Gasteiger partial charge on any atom is 0.319 e. The molecule has 0 aromatic heterocycles. The first kappa shape index (κ1) is 18.8. The van der Waals surface area contributed by atoms with Crippen LogP contribution >= 0.6 is 0 Å². The fourth-order valence-electron chi connectivity index (χ4n) is 2.67. The minimum Gasteiger partial charge on any atom is -0.493 e. The molecule has 1 fully saturated rings. The standard InChI is InChI=1S/C19H26N2O4/c1-6-11-24-14-10-8-7-9-13(14)16-15(12(2)20-18(23)21-16)17(22)25-19(3,4)5/h7-10,15-16H,2,6,11H2,1,3-5H3,(H2,20,21,23)/t15-,16+/m1/s1. The molecule has 0 bridgehead atoms. The van der Waals surface area contributed by atoms with Gasteiger partial charge in [-0.1, -0.05) is 31.7 Å². The molecule has 6 nitrogen and oxygen atoms in total. The number of amides is 2. The van der Waals surface area contributed by atoms with Gasteiger partial charge in [0.1, 0.15) is 17.3 Å². The van der Waals surface area contributed by atoms with Crippen LogP contribution in [0.4, 0.5) is 4.79 Å². The van der Waals surface area contributed by atoms with Crippen molar-refractivity contribution in [1.29, 1.82) is 0 Å². The lowest BCUT2D eigenvalue weighted by atomic mass is 9.88. The van der Waals surface area contributed by atoms with E-state index in [-0.39, 0.29) is 0 Å². The van der Waals surface area contributed by atoms with Gasteiger partial charge in [0.15, 0.2) is 0 Å². The predicted octanol–water partition coefficient (Wildman–Crippen LogP) is 3.30. The van der Waals surface area contributed by atoms with Crippen LogP contribution in [0.15, 0.2) is 36.5 Å². The van der Waals surface area contributed by atoms with Gasteiger partial charge in [0, 0.05) is 11.3 Å². The van der Waals surface area contributed by atoms with E-state index in [1.807, 2.05) is 31.2 Å². The number of esters is 1. The van der Waals surface area contributed by atoms with E-state index in [9.17, 15) is 9.59 Å². The van der Waals surface area contributed by atoms with E-state index in [0.29, 0.717) is 18.1 Å². The van der Waals surface area contributed by atoms with Gasteiger partial charge in [0.05, 0.1) is 12.6 Å². The summed E-state index contributed by atoms with van der Waals surface area (Å²) in [4.78, 5) is 24.7. The molecular weight excluding hydrogens is 320 g/mol. The Morgan fingerprint density at radius 3 is 2.60 bits per heavy atom. The average molecular weight is 346 g/mol. The number of benzene rings is 1. The molecule has 1 aliphatic rings. The number of para-hydroxylation sites is 1. The van der Waals surface area contributed by atoms with Crippen LogP contribution in [-0.4, -0.2) is 24.2 Å². The average Bonchev–Trinajstić information content (AvgIpc) is 2.50. The number of hydrogen-bond acceptors (Lipinski definition) is 4. The van der Waals surface area contributed by atoms with E-state index in [2.05, 4.69) is 17.2 Å². The lowest BCUT2D eigenvalue weighted by Gasteiger charge is -2.35. The molecule has 1 aromatic rings. The molecule has 2 rings (SSSR count). The summed E-state index contributed by atoms with van der Waals surface area (Å²) in [6, 6.07) is 6.36. The fraction of sp³-hybridized carbons (Fsp3) is 0.474. The van der Waals surface area contributed by atoms with E-state index < -0.39 is 29.6 Å². The van der Waals surface area contributed by atoms with Gasteiger partial charge < -0.3 is 20.1 Å². The Hall–Kier alpha value is -2.50. The second-order valence-corrected chi connectivity index (χ2v) is 7.00. The van der Waals surface area contributed by atoms with E-state index in [1.165, 1.54) is 0 Å². The van der Waals surface area contributed by atoms with Crippen LogP contribution in [0.5, 0.6) is 5.75 Å². The molecule has 0 saturated carbocycles. The van der Waals surface area contributed by atoms with E-state index in [0.717, 1.165) is 12.0 Å². The molecule has 1 heterocycles. The highest BCUT2D eigenvalue weighted by Gasteiger charge is 2.41. The zero-order valence-corrected chi connectivity index (χ0v) is 15.2. The first-order valence-corrected chi connectivity index (χ1v) is 8.44. The Balaban J connectivity index is 2.39. The van der Waals surface area contributed by atoms with Crippen molar-refractivity contribution >= 4 is 12.0 Å². The third kappa shape index (κ3) is 4.75. The minimum absolute atomic E-state index is 0.313. The first-order valence-electron chi connectivity index (χ1n) is 8.44. The second kappa shape index (κ2) is 7.59. The summed E-state index contributed by atoms with van der Waals surface area (Å²) in [5.41, 5.74) is 0.401. The van der Waals surface area contributed by atoms with Crippen molar-refractivity contribution < 1.29 is 19.1 Å². The van der Waals surface area contributed by atoms with Crippen molar-refractivity contribution in [3.05, 3.63) is 42.1 Å². The monoisotopic (exact) mass is 346 g/mol. The molecule has 1 aromatic carbocycles. The summed E-state index contributed by atoms with van der Waals surface area (Å²) in [7, 11) is 0. The zero-order chi connectivity index (χ0) is 18.6. The van der Waals surface area contributed by atoms with Crippen molar-refractivity contribution in [3.8, 4) is 5.75 Å². The molecule has 1 saturated heterocycles. The smallest absolute Gasteiger partial charge is 0.319 e. The van der Waals surface area contributed by atoms with Gasteiger partial charge >= 0.3 is 12.0 Å². The molecule has 1 aliphatic heterocycles. The summed E-state index contributed by atoms with van der Waals surface area (Å²) in [5.74, 6) is -0.554. The van der Waals surface area contributed by atoms with Crippen molar-refractivity contribution in [2.24, 2.45) is 5.92 Å². The highest BCUT2D eigenvalue weighted by molar-refractivity contribution is 5.85. The number of rotatable bonds is 5. The normalized spacial score (nSPS) is 20.5. The Morgan fingerprint density at radius 2 is 1.96 bits per heavy atom. The number of ether oxygens (including phenoxy) is 2. The maximum absolute atomic E-state index is 12.7. The first-order chi connectivity index (χ1) is 11.7. The molecule has 6 heteroatoms. The third-order valence-electron chi connectivity index (χ3n) is 3.65. The van der Waals surface area contributed by atoms with Crippen LogP contribution in [-0.2, 0) is 9.53 Å². The number of urea groups is 1. The molecule has 0 radical (unpaired) electrons. The van der Waals surface area contributed by atoms with Gasteiger partial charge in [-0.3, -0.25) is 4.79 Å². The van der Waals surface area contributed by atoms with Crippen LogP contribution in [0.2, 0.25) is 0 Å². The molecule has 0 spiro atoms. The molecule has 2 atom stereocenters. The second-order valence-electron chi connectivity index (χ2n) is 7.00. The molecule has 0 unspecified atom stereocenters. The summed E-state index contributed by atoms with van der Waals surface area (Å²) in [5, 5.41) is 5.38. The van der Waals surface area contributed by atoms with Gasteiger partial charge in [-0.15, -0.1) is 0 Å². The summed E-state index contributed by atoms with van der Waals surface area (Å²) in [6.45, 7) is 11.8. The van der Waals surface area contributed by atoms with Gasteiger partial charge in [-0.25, -0.2) is 4.79 Å². The van der Waals surface area contributed by atoms with Crippen LogP contribution < -0.4 is 15.4 Å². The van der Waals surface area contributed by atoms with Gasteiger partial charge in [0.2, 0.25) is 0 Å². The van der Waals surface area contributed by atoms with Crippen molar-refractivity contribution in [2.75, 3.05) is 6.61 Å². The van der Waals surface area contributed by atoms with Crippen molar-refractivity contribution in [2.45, 2.75) is 45.8 Å². The van der Waals surface area contributed by atoms with Gasteiger partial charge in [-0.2, -0.15) is 0 Å². The Kier molecular flexibility index (Phi) is 5.72. The lowest BCUT2D eigenvalue weighted by molar-refractivity contribution is -0.159. The summed E-state index contributed by atoms with van der Waals surface area (Å²) >= 11 is 0. The predicted molar refractivity (Wildman–Crippen MR) is 95.1 cm³/mol. The number of hydrogen-bond donors (Lipinski definition) is 2. The van der Waals surface area contributed by atoms with Crippen molar-refractivity contribution in [1.82, 2.24) is 10.6 Å². The van der Waals surface area contributed by atoms with Crippen LogP contribution in [0, 0.1) is 5.92 Å². The van der Waals surface area contributed by atoms with E-state index in [1.54, 1.807) is 20.8 Å². The van der Waals surface area contributed by atoms with Crippen LogP contribution in [0.25, 0.3) is 0 Å². The minimum atomic E-state index is -0.747. The molecular formula is C19H26N2O4.